The lowest BCUT2D eigenvalue weighted by Crippen LogP contribution is -2.05. The van der Waals surface area contributed by atoms with Crippen LogP contribution in [-0.4, -0.2) is 11.2 Å². The number of aromatic amines is 1. The van der Waals surface area contributed by atoms with Crippen LogP contribution in [0.1, 0.15) is 22.3 Å². The van der Waals surface area contributed by atoms with Crippen molar-refractivity contribution in [2.24, 2.45) is 0 Å². The Morgan fingerprint density at radius 2 is 1.40 bits per heavy atom. The molecule has 5 heteroatoms. The minimum atomic E-state index is -4.39. The normalized spacial score (nSPS) is 14.7. The molecule has 35 heavy (non-hydrogen) atoms. The Bertz CT molecular complexity index is 1610. The highest BCUT2D eigenvalue weighted by Gasteiger charge is 2.33. The maximum atomic E-state index is 13.3. The lowest BCUT2D eigenvalue weighted by molar-refractivity contribution is -0.137. The summed E-state index contributed by atoms with van der Waals surface area (Å²) in [4.78, 5) is 3.32. The number of halogens is 3. The fourth-order valence-corrected chi connectivity index (χ4v) is 4.74. The molecule has 5 aromatic rings. The molecule has 0 aliphatic carbocycles. The third-order valence-corrected chi connectivity index (χ3v) is 6.38. The number of benzene rings is 4. The van der Waals surface area contributed by atoms with Crippen LogP contribution >= 0.6 is 0 Å². The summed E-state index contributed by atoms with van der Waals surface area (Å²) in [6, 6.07) is 31.5. The summed E-state index contributed by atoms with van der Waals surface area (Å²) < 4.78 is 42.1. The van der Waals surface area contributed by atoms with Crippen molar-refractivity contribution in [1.82, 2.24) is 9.56 Å². The highest BCUT2D eigenvalue weighted by atomic mass is 19.4. The predicted molar refractivity (Wildman–Crippen MR) is 136 cm³/mol. The molecule has 4 aromatic carbocycles. The maximum absolute atomic E-state index is 13.3. The highest BCUT2D eigenvalue weighted by molar-refractivity contribution is 6.28. The number of H-pyrrole nitrogens is 1. The quantitative estimate of drug-likeness (QED) is 0.260. The Labute approximate surface area is 200 Å². The maximum Gasteiger partial charge on any atom is 0.416 e. The van der Waals surface area contributed by atoms with Crippen LogP contribution in [0.5, 0.6) is 0 Å². The smallest absolute Gasteiger partial charge is 0.361 e. The number of aromatic nitrogens is 1. The van der Waals surface area contributed by atoms with Crippen LogP contribution in [0.4, 0.5) is 24.5 Å². The number of alkyl halides is 3. The van der Waals surface area contributed by atoms with E-state index in [1.54, 1.807) is 12.1 Å². The Balaban J connectivity index is 1.66. The molecule has 0 spiro atoms. The summed E-state index contributed by atoms with van der Waals surface area (Å²) in [5, 5.41) is 1.01. The number of allylic oxidation sites excluding steroid dienone is 1. The van der Waals surface area contributed by atoms with Crippen LogP contribution in [0, 0.1) is 0 Å². The van der Waals surface area contributed by atoms with Gasteiger partial charge in [0.15, 0.2) is 6.21 Å². The first kappa shape index (κ1) is 21.2. The van der Waals surface area contributed by atoms with Crippen LogP contribution in [0.15, 0.2) is 109 Å². The fourth-order valence-electron chi connectivity index (χ4n) is 4.74. The van der Waals surface area contributed by atoms with Crippen molar-refractivity contribution in [3.63, 3.8) is 0 Å². The number of nitrogens with one attached hydrogen (secondary N) is 1. The van der Waals surface area contributed by atoms with Gasteiger partial charge >= 0.3 is 6.18 Å². The summed E-state index contributed by atoms with van der Waals surface area (Å²) in [5.41, 5.74) is 6.87. The van der Waals surface area contributed by atoms with Gasteiger partial charge in [0.05, 0.1) is 16.7 Å². The van der Waals surface area contributed by atoms with E-state index in [9.17, 15) is 13.2 Å². The van der Waals surface area contributed by atoms with Gasteiger partial charge in [0.2, 0.25) is 11.4 Å². The monoisotopic (exact) mass is 465 g/mol. The van der Waals surface area contributed by atoms with E-state index in [4.69, 9.17) is 0 Å². The molecule has 1 N–H and O–H groups in total. The first-order valence-electron chi connectivity index (χ1n) is 11.3. The van der Waals surface area contributed by atoms with Gasteiger partial charge in [-0.3, -0.25) is 0 Å². The van der Waals surface area contributed by atoms with E-state index in [-0.39, 0.29) is 0 Å². The molecule has 1 aromatic heterocycles. The van der Waals surface area contributed by atoms with Crippen molar-refractivity contribution in [3.05, 3.63) is 132 Å². The molecule has 0 bridgehead atoms. The third kappa shape index (κ3) is 3.66. The van der Waals surface area contributed by atoms with Crippen molar-refractivity contribution in [2.75, 3.05) is 0 Å². The fraction of sp³-hybridized carbons (Fsp3) is 0.0333. The Hall–Kier alpha value is -4.38. The molecule has 0 amide bonds. The topological polar surface area (TPSA) is 18.8 Å². The van der Waals surface area contributed by atoms with Crippen LogP contribution in [0.3, 0.4) is 0 Å². The summed E-state index contributed by atoms with van der Waals surface area (Å²) in [7, 11) is 0. The predicted octanol–water partition coefficient (Wildman–Crippen LogP) is 8.06. The standard InChI is InChI=1S/C30H19F3N2/c31-30(32,33)21-16-14-20(15-17-21)29(25-18-34-27-12-6-4-10-23(25)27)26-19-35(22-8-2-1-3-9-22)28-13-7-5-11-24(26)28/h1-19H/p+1. The van der Waals surface area contributed by atoms with E-state index < -0.39 is 11.7 Å². The van der Waals surface area contributed by atoms with Crippen molar-refractivity contribution >= 4 is 39.6 Å². The average Bonchev–Trinajstić information content (AvgIpc) is 3.47. The minimum Gasteiger partial charge on any atom is -0.361 e. The SMILES string of the molecule is FC(F)(F)c1ccc(C(=C2C=[N+](c3ccccc3)c3ccccc32)c2c[nH]c3ccccc23)cc1. The second-order valence-electron chi connectivity index (χ2n) is 8.46. The van der Waals surface area contributed by atoms with E-state index >= 15 is 0 Å². The second-order valence-corrected chi connectivity index (χ2v) is 8.46. The molecule has 0 unspecified atom stereocenters. The van der Waals surface area contributed by atoms with E-state index in [2.05, 4.69) is 27.9 Å². The van der Waals surface area contributed by atoms with Crippen molar-refractivity contribution in [3.8, 4) is 0 Å². The minimum absolute atomic E-state index is 0.661. The number of para-hydroxylation sites is 3. The molecule has 2 heterocycles. The molecule has 0 saturated heterocycles. The number of rotatable bonds is 3. The molecule has 2 nitrogen and oxygen atoms in total. The highest BCUT2D eigenvalue weighted by Crippen LogP contribution is 2.42. The Morgan fingerprint density at radius 3 is 2.17 bits per heavy atom. The molecule has 1 aliphatic rings. The summed E-state index contributed by atoms with van der Waals surface area (Å²) in [6.45, 7) is 0. The summed E-state index contributed by atoms with van der Waals surface area (Å²) in [5.74, 6) is 0. The molecule has 0 fully saturated rings. The number of nitrogens with zero attached hydrogens (tertiary/aromatic N) is 1. The zero-order valence-corrected chi connectivity index (χ0v) is 18.6. The molecule has 0 atom stereocenters. The van der Waals surface area contributed by atoms with Gasteiger partial charge in [0.1, 0.15) is 0 Å². The van der Waals surface area contributed by atoms with Gasteiger partial charge in [-0.2, -0.15) is 17.7 Å². The molecule has 6 rings (SSSR count). The molecular formula is C30H20F3N2+. The van der Waals surface area contributed by atoms with Crippen molar-refractivity contribution in [2.45, 2.75) is 6.18 Å². The number of hydrogen-bond donors (Lipinski definition) is 1. The van der Waals surface area contributed by atoms with Gasteiger partial charge < -0.3 is 4.98 Å². The molecule has 1 aliphatic heterocycles. The van der Waals surface area contributed by atoms with E-state index in [1.165, 1.54) is 0 Å². The van der Waals surface area contributed by atoms with Crippen LogP contribution in [-0.2, 0) is 6.18 Å². The van der Waals surface area contributed by atoms with Gasteiger partial charge in [-0.1, -0.05) is 60.7 Å². The molecule has 0 radical (unpaired) electrons. The molecule has 0 saturated carbocycles. The number of fused-ring (bicyclic) bond motifs is 2. The molecule has 170 valence electrons. The lowest BCUT2D eigenvalue weighted by atomic mass is 9.89. The third-order valence-electron chi connectivity index (χ3n) is 6.38. The van der Waals surface area contributed by atoms with Crippen LogP contribution in [0.25, 0.3) is 22.0 Å². The van der Waals surface area contributed by atoms with Gasteiger partial charge in [-0.05, 0) is 29.8 Å². The van der Waals surface area contributed by atoms with Gasteiger partial charge in [0.25, 0.3) is 0 Å². The molecular weight excluding hydrogens is 445 g/mol. The van der Waals surface area contributed by atoms with E-state index in [0.717, 1.165) is 62.2 Å². The largest absolute Gasteiger partial charge is 0.416 e. The lowest BCUT2D eigenvalue weighted by Gasteiger charge is -2.12. The van der Waals surface area contributed by atoms with Crippen LogP contribution < -0.4 is 4.58 Å². The first-order valence-corrected chi connectivity index (χ1v) is 11.3. The van der Waals surface area contributed by atoms with Gasteiger partial charge in [0, 0.05) is 46.4 Å². The van der Waals surface area contributed by atoms with Crippen molar-refractivity contribution < 1.29 is 13.2 Å². The first-order chi connectivity index (χ1) is 17.0. The second kappa shape index (κ2) is 8.13. The zero-order chi connectivity index (χ0) is 24.0. The number of hydrogen-bond acceptors (Lipinski definition) is 0. The summed E-state index contributed by atoms with van der Waals surface area (Å²) >= 11 is 0. The van der Waals surface area contributed by atoms with E-state index in [0.29, 0.717) is 0 Å². The van der Waals surface area contributed by atoms with Crippen LogP contribution in [0.2, 0.25) is 0 Å². The van der Waals surface area contributed by atoms with E-state index in [1.807, 2.05) is 72.9 Å². The Morgan fingerprint density at radius 1 is 0.714 bits per heavy atom. The summed E-state index contributed by atoms with van der Waals surface area (Å²) in [6.07, 6.45) is -0.371. The van der Waals surface area contributed by atoms with Crippen molar-refractivity contribution in [1.29, 1.82) is 0 Å². The van der Waals surface area contributed by atoms with Gasteiger partial charge in [-0.25, -0.2) is 0 Å². The van der Waals surface area contributed by atoms with Gasteiger partial charge in [-0.15, -0.1) is 0 Å². The Kier molecular flexibility index (Phi) is 4.92. The zero-order valence-electron chi connectivity index (χ0n) is 18.6. The average molecular weight is 465 g/mol.